The Hall–Kier alpha value is -5.53. The molecule has 212 valence electrons. The van der Waals surface area contributed by atoms with Crippen molar-refractivity contribution in [3.05, 3.63) is 150 Å². The fraction of sp³-hybridized carbons (Fsp3) is 0.0682. The topological polar surface area (TPSA) is 12.9 Å². The van der Waals surface area contributed by atoms with Crippen LogP contribution in [-0.4, -0.2) is 4.98 Å². The van der Waals surface area contributed by atoms with E-state index in [1.165, 1.54) is 93.7 Å². The Balaban J connectivity index is 1.42. The molecule has 1 heterocycles. The lowest BCUT2D eigenvalue weighted by Crippen LogP contribution is -1.94. The predicted molar refractivity (Wildman–Crippen MR) is 192 cm³/mol. The maximum atomic E-state index is 5.30. The molecule has 0 spiro atoms. The molecule has 8 aromatic rings. The highest BCUT2D eigenvalue weighted by Crippen LogP contribution is 2.58. The van der Waals surface area contributed by atoms with Crippen LogP contribution < -0.4 is 0 Å². The van der Waals surface area contributed by atoms with Crippen molar-refractivity contribution in [2.75, 3.05) is 0 Å². The number of hydrogen-bond donors (Lipinski definition) is 0. The van der Waals surface area contributed by atoms with Crippen molar-refractivity contribution in [1.82, 2.24) is 4.98 Å². The molecule has 1 aliphatic rings. The minimum Gasteiger partial charge on any atom is -0.247 e. The van der Waals surface area contributed by atoms with Gasteiger partial charge < -0.3 is 0 Å². The molecule has 0 radical (unpaired) electrons. The zero-order valence-corrected chi connectivity index (χ0v) is 25.6. The van der Waals surface area contributed by atoms with Gasteiger partial charge in [-0.25, -0.2) is 4.98 Å². The molecule has 45 heavy (non-hydrogen) atoms. The van der Waals surface area contributed by atoms with Crippen molar-refractivity contribution in [1.29, 1.82) is 0 Å². The lowest BCUT2D eigenvalue weighted by atomic mass is 9.82. The Labute approximate surface area is 263 Å². The first-order valence-electron chi connectivity index (χ1n) is 15.7. The van der Waals surface area contributed by atoms with Crippen molar-refractivity contribution in [3.63, 3.8) is 0 Å². The molecule has 1 aromatic heterocycles. The van der Waals surface area contributed by atoms with Crippen molar-refractivity contribution >= 4 is 32.4 Å². The van der Waals surface area contributed by atoms with Crippen LogP contribution in [0.25, 0.3) is 88.2 Å². The molecule has 7 aromatic carbocycles. The van der Waals surface area contributed by atoms with Crippen LogP contribution in [0.2, 0.25) is 0 Å². The number of fused-ring (bicyclic) bond motifs is 5. The van der Waals surface area contributed by atoms with Gasteiger partial charge in [-0.05, 0) is 110 Å². The van der Waals surface area contributed by atoms with Crippen molar-refractivity contribution in [2.24, 2.45) is 0 Å². The van der Waals surface area contributed by atoms with Crippen LogP contribution in [0, 0.1) is 20.8 Å². The third-order valence-electron chi connectivity index (χ3n) is 9.65. The second kappa shape index (κ2) is 9.74. The summed E-state index contributed by atoms with van der Waals surface area (Å²) in [5.74, 6) is 0. The van der Waals surface area contributed by atoms with E-state index in [2.05, 4.69) is 154 Å². The summed E-state index contributed by atoms with van der Waals surface area (Å²) < 4.78 is 0. The molecule has 0 atom stereocenters. The largest absolute Gasteiger partial charge is 0.247 e. The first kappa shape index (κ1) is 25.9. The van der Waals surface area contributed by atoms with E-state index < -0.39 is 0 Å². The highest BCUT2D eigenvalue weighted by molar-refractivity contribution is 6.28. The highest BCUT2D eigenvalue weighted by atomic mass is 14.7. The molecular formula is C44H31N. The summed E-state index contributed by atoms with van der Waals surface area (Å²) in [7, 11) is 0. The molecule has 1 nitrogen and oxygen atoms in total. The molecule has 0 amide bonds. The van der Waals surface area contributed by atoms with E-state index in [9.17, 15) is 0 Å². The Morgan fingerprint density at radius 2 is 0.956 bits per heavy atom. The normalized spacial score (nSPS) is 11.9. The SMILES string of the molecule is Cc1cc(C)c2nc(-c3ccc4c5c(cccc35)-c3c-4c(-c4ccccc4)c4ccccc4c3-c3ccccc3)cc(C)c2c1. The zero-order chi connectivity index (χ0) is 30.2. The number of aryl methyl sites for hydroxylation is 3. The van der Waals surface area contributed by atoms with Crippen LogP contribution in [0.5, 0.6) is 0 Å². The molecule has 9 rings (SSSR count). The summed E-state index contributed by atoms with van der Waals surface area (Å²) in [4.78, 5) is 5.30. The molecule has 0 fully saturated rings. The highest BCUT2D eigenvalue weighted by Gasteiger charge is 2.31. The average molecular weight is 574 g/mol. The Morgan fingerprint density at radius 1 is 0.400 bits per heavy atom. The second-order valence-corrected chi connectivity index (χ2v) is 12.5. The summed E-state index contributed by atoms with van der Waals surface area (Å²) >= 11 is 0. The quantitative estimate of drug-likeness (QED) is 0.205. The van der Waals surface area contributed by atoms with Crippen LogP contribution in [0.4, 0.5) is 0 Å². The van der Waals surface area contributed by atoms with Gasteiger partial charge in [-0.1, -0.05) is 127 Å². The van der Waals surface area contributed by atoms with E-state index in [-0.39, 0.29) is 0 Å². The van der Waals surface area contributed by atoms with E-state index in [1.807, 2.05) is 0 Å². The van der Waals surface area contributed by atoms with E-state index in [0.717, 1.165) is 11.2 Å². The molecule has 0 bridgehead atoms. The van der Waals surface area contributed by atoms with Crippen LogP contribution in [-0.2, 0) is 0 Å². The average Bonchev–Trinajstić information content (AvgIpc) is 3.40. The van der Waals surface area contributed by atoms with Crippen LogP contribution in [0.3, 0.4) is 0 Å². The number of benzene rings is 7. The Morgan fingerprint density at radius 3 is 1.60 bits per heavy atom. The van der Waals surface area contributed by atoms with Gasteiger partial charge in [-0.15, -0.1) is 0 Å². The Kier molecular flexibility index (Phi) is 5.61. The lowest BCUT2D eigenvalue weighted by Gasteiger charge is -2.20. The van der Waals surface area contributed by atoms with E-state index >= 15 is 0 Å². The second-order valence-electron chi connectivity index (χ2n) is 12.5. The maximum Gasteiger partial charge on any atom is 0.0741 e. The molecule has 1 aliphatic carbocycles. The fourth-order valence-corrected chi connectivity index (χ4v) is 7.82. The van der Waals surface area contributed by atoms with E-state index in [4.69, 9.17) is 4.98 Å². The monoisotopic (exact) mass is 573 g/mol. The van der Waals surface area contributed by atoms with Crippen molar-refractivity contribution in [2.45, 2.75) is 20.8 Å². The molecule has 0 N–H and O–H groups in total. The minimum absolute atomic E-state index is 1.03. The van der Waals surface area contributed by atoms with Gasteiger partial charge in [0.15, 0.2) is 0 Å². The van der Waals surface area contributed by atoms with Gasteiger partial charge >= 0.3 is 0 Å². The standard InChI is InChI=1S/C44H31N/c1-26-23-28(3)44-37(24-26)27(2)25-38(45-44)31-21-22-36-41-32(31)19-12-20-35(41)42-39(29-13-6-4-7-14-29)33-17-10-11-18-34(33)40(43(36)42)30-15-8-5-9-16-30/h4-25H,1-3H3. The smallest absolute Gasteiger partial charge is 0.0741 e. The molecule has 0 aliphatic heterocycles. The zero-order valence-electron chi connectivity index (χ0n) is 25.6. The predicted octanol–water partition coefficient (Wildman–Crippen LogP) is 12.1. The van der Waals surface area contributed by atoms with Gasteiger partial charge in [0.1, 0.15) is 0 Å². The number of pyridine rings is 1. The number of rotatable bonds is 3. The van der Waals surface area contributed by atoms with Gasteiger partial charge in [0.2, 0.25) is 0 Å². The summed E-state index contributed by atoms with van der Waals surface area (Å²) in [6.07, 6.45) is 0. The van der Waals surface area contributed by atoms with Crippen LogP contribution >= 0.6 is 0 Å². The minimum atomic E-state index is 1.03. The summed E-state index contributed by atoms with van der Waals surface area (Å²) in [5, 5.41) is 6.36. The van der Waals surface area contributed by atoms with Gasteiger partial charge in [0, 0.05) is 10.9 Å². The summed E-state index contributed by atoms with van der Waals surface area (Å²) in [6, 6.07) is 49.1. The number of hydrogen-bond acceptors (Lipinski definition) is 1. The van der Waals surface area contributed by atoms with Crippen LogP contribution in [0.1, 0.15) is 16.7 Å². The molecule has 1 heteroatoms. The first-order valence-corrected chi connectivity index (χ1v) is 15.7. The third kappa shape index (κ3) is 3.77. The molecule has 0 saturated heterocycles. The number of aromatic nitrogens is 1. The van der Waals surface area contributed by atoms with Crippen molar-refractivity contribution in [3.8, 4) is 55.8 Å². The third-order valence-corrected chi connectivity index (χ3v) is 9.65. The lowest BCUT2D eigenvalue weighted by molar-refractivity contribution is 1.32. The molecule has 0 unspecified atom stereocenters. The fourth-order valence-electron chi connectivity index (χ4n) is 7.82. The van der Waals surface area contributed by atoms with Gasteiger partial charge in [-0.2, -0.15) is 0 Å². The van der Waals surface area contributed by atoms with E-state index in [0.29, 0.717) is 0 Å². The maximum absolute atomic E-state index is 5.30. The van der Waals surface area contributed by atoms with Gasteiger partial charge in [0.25, 0.3) is 0 Å². The molecular weight excluding hydrogens is 542 g/mol. The summed E-state index contributed by atoms with van der Waals surface area (Å²) in [6.45, 7) is 6.56. The van der Waals surface area contributed by atoms with Gasteiger partial charge in [0.05, 0.1) is 11.2 Å². The van der Waals surface area contributed by atoms with Gasteiger partial charge in [-0.3, -0.25) is 0 Å². The number of nitrogens with zero attached hydrogens (tertiary/aromatic N) is 1. The van der Waals surface area contributed by atoms with E-state index in [1.54, 1.807) is 0 Å². The first-order chi connectivity index (χ1) is 22.1. The van der Waals surface area contributed by atoms with Crippen molar-refractivity contribution < 1.29 is 0 Å². The summed E-state index contributed by atoms with van der Waals surface area (Å²) in [5.41, 5.74) is 17.4. The molecule has 0 saturated carbocycles. The Bertz CT molecular complexity index is 2400. The van der Waals surface area contributed by atoms with Crippen LogP contribution in [0.15, 0.2) is 133 Å².